The molecular weight excluding hydrogens is 266 g/mol. The second-order valence-electron chi connectivity index (χ2n) is 4.38. The molecule has 0 saturated carbocycles. The van der Waals surface area contributed by atoms with Crippen molar-refractivity contribution in [2.24, 2.45) is 11.1 Å². The Bertz CT molecular complexity index is 458. The van der Waals surface area contributed by atoms with Gasteiger partial charge in [-0.05, 0) is 24.1 Å². The maximum Gasteiger partial charge on any atom is 0.312 e. The SMILES string of the molecule is CON=C(CC(=O)OCC(C)C)c1c[c]ccc1Cl. The topological polar surface area (TPSA) is 47.9 Å². The van der Waals surface area contributed by atoms with E-state index in [1.165, 1.54) is 7.11 Å². The number of carbonyl (C=O) groups excluding carboxylic acids is 1. The average Bonchev–Trinajstić information content (AvgIpc) is 2.36. The van der Waals surface area contributed by atoms with Crippen molar-refractivity contribution >= 4 is 23.3 Å². The number of hydrogen-bond donors (Lipinski definition) is 0. The van der Waals surface area contributed by atoms with E-state index < -0.39 is 0 Å². The summed E-state index contributed by atoms with van der Waals surface area (Å²) < 4.78 is 5.11. The number of rotatable bonds is 6. The van der Waals surface area contributed by atoms with Gasteiger partial charge in [0.25, 0.3) is 0 Å². The first-order chi connectivity index (χ1) is 9.04. The molecule has 1 rings (SSSR count). The average molecular weight is 283 g/mol. The molecule has 4 nitrogen and oxygen atoms in total. The fourth-order valence-corrected chi connectivity index (χ4v) is 1.59. The van der Waals surface area contributed by atoms with Crippen LogP contribution in [-0.4, -0.2) is 25.4 Å². The molecule has 5 heteroatoms. The van der Waals surface area contributed by atoms with Gasteiger partial charge in [-0.15, -0.1) is 0 Å². The molecule has 1 radical (unpaired) electrons. The van der Waals surface area contributed by atoms with Gasteiger partial charge in [0.1, 0.15) is 7.11 Å². The van der Waals surface area contributed by atoms with Gasteiger partial charge in [0.2, 0.25) is 0 Å². The van der Waals surface area contributed by atoms with Gasteiger partial charge in [0.15, 0.2) is 0 Å². The van der Waals surface area contributed by atoms with Crippen molar-refractivity contribution in [3.63, 3.8) is 0 Å². The highest BCUT2D eigenvalue weighted by molar-refractivity contribution is 6.34. The summed E-state index contributed by atoms with van der Waals surface area (Å²) in [5.74, 6) is -0.0650. The predicted octanol–water partition coefficient (Wildman–Crippen LogP) is 3.08. The minimum atomic E-state index is -0.357. The third-order valence-corrected chi connectivity index (χ3v) is 2.54. The third kappa shape index (κ3) is 5.30. The maximum absolute atomic E-state index is 11.7. The van der Waals surface area contributed by atoms with E-state index in [4.69, 9.17) is 21.2 Å². The number of carbonyl (C=O) groups is 1. The van der Waals surface area contributed by atoms with Crippen molar-refractivity contribution in [2.75, 3.05) is 13.7 Å². The van der Waals surface area contributed by atoms with E-state index in [-0.39, 0.29) is 12.4 Å². The number of hydrogen-bond acceptors (Lipinski definition) is 4. The highest BCUT2D eigenvalue weighted by atomic mass is 35.5. The summed E-state index contributed by atoms with van der Waals surface area (Å²) >= 11 is 6.06. The van der Waals surface area contributed by atoms with Crippen molar-refractivity contribution < 1.29 is 14.4 Å². The molecule has 1 aromatic rings. The molecule has 0 aromatic heterocycles. The van der Waals surface area contributed by atoms with E-state index in [0.717, 1.165) is 0 Å². The monoisotopic (exact) mass is 282 g/mol. The Kier molecular flexibility index (Phi) is 6.36. The smallest absolute Gasteiger partial charge is 0.312 e. The van der Waals surface area contributed by atoms with E-state index >= 15 is 0 Å². The van der Waals surface area contributed by atoms with Crippen LogP contribution in [0.3, 0.4) is 0 Å². The molecule has 0 saturated heterocycles. The zero-order valence-corrected chi connectivity index (χ0v) is 12.0. The molecule has 1 aromatic carbocycles. The number of nitrogens with zero attached hydrogens (tertiary/aromatic N) is 1. The largest absolute Gasteiger partial charge is 0.465 e. The van der Waals surface area contributed by atoms with Gasteiger partial charge in [-0.3, -0.25) is 4.79 Å². The molecule has 0 aliphatic rings. The maximum atomic E-state index is 11.7. The molecule has 0 N–H and O–H groups in total. The molecule has 0 unspecified atom stereocenters. The van der Waals surface area contributed by atoms with Crippen LogP contribution in [0.2, 0.25) is 5.02 Å². The lowest BCUT2D eigenvalue weighted by Crippen LogP contribution is -2.15. The first-order valence-electron chi connectivity index (χ1n) is 5.96. The first kappa shape index (κ1) is 15.5. The minimum absolute atomic E-state index is 0.0120. The fraction of sp³-hybridized carbons (Fsp3) is 0.429. The van der Waals surface area contributed by atoms with E-state index in [2.05, 4.69) is 11.2 Å². The standard InChI is InChI=1S/C14H17ClNO3/c1-10(2)9-19-14(17)8-13(16-18-3)11-6-4-5-7-12(11)15/h5-7,10H,8-9H2,1-3H3. The highest BCUT2D eigenvalue weighted by Crippen LogP contribution is 2.17. The van der Waals surface area contributed by atoms with Gasteiger partial charge in [-0.1, -0.05) is 36.7 Å². The third-order valence-electron chi connectivity index (χ3n) is 2.21. The Hall–Kier alpha value is -1.55. The van der Waals surface area contributed by atoms with Gasteiger partial charge in [-0.25, -0.2) is 0 Å². The lowest BCUT2D eigenvalue weighted by Gasteiger charge is -2.09. The summed E-state index contributed by atoms with van der Waals surface area (Å²) in [7, 11) is 1.42. The van der Waals surface area contributed by atoms with Crippen LogP contribution in [-0.2, 0) is 14.4 Å². The summed E-state index contributed by atoms with van der Waals surface area (Å²) in [6, 6.07) is 7.92. The Morgan fingerprint density at radius 3 is 2.84 bits per heavy atom. The van der Waals surface area contributed by atoms with Crippen molar-refractivity contribution in [3.8, 4) is 0 Å². The number of halogens is 1. The van der Waals surface area contributed by atoms with Crippen molar-refractivity contribution in [3.05, 3.63) is 34.9 Å². The lowest BCUT2D eigenvalue weighted by atomic mass is 10.1. The van der Waals surface area contributed by atoms with E-state index in [1.807, 2.05) is 13.8 Å². The van der Waals surface area contributed by atoms with Gasteiger partial charge >= 0.3 is 5.97 Å². The van der Waals surface area contributed by atoms with Gasteiger partial charge in [0.05, 0.1) is 18.7 Å². The summed E-state index contributed by atoms with van der Waals surface area (Å²) in [4.78, 5) is 16.5. The van der Waals surface area contributed by atoms with Crippen LogP contribution in [0, 0.1) is 12.0 Å². The molecule has 0 aliphatic heterocycles. The molecule has 0 aliphatic carbocycles. The van der Waals surface area contributed by atoms with Crippen LogP contribution >= 0.6 is 11.6 Å². The van der Waals surface area contributed by atoms with Crippen LogP contribution in [0.25, 0.3) is 0 Å². The quantitative estimate of drug-likeness (QED) is 0.458. The summed E-state index contributed by atoms with van der Waals surface area (Å²) in [5.41, 5.74) is 1.05. The molecular formula is C14H17ClNO3. The van der Waals surface area contributed by atoms with E-state index in [1.54, 1.807) is 18.2 Å². The molecule has 0 heterocycles. The molecule has 19 heavy (non-hydrogen) atoms. The molecule has 0 fully saturated rings. The Morgan fingerprint density at radius 2 is 2.26 bits per heavy atom. The van der Waals surface area contributed by atoms with E-state index in [0.29, 0.717) is 28.8 Å². The number of ether oxygens (including phenoxy) is 1. The van der Waals surface area contributed by atoms with Gasteiger partial charge < -0.3 is 9.57 Å². The van der Waals surface area contributed by atoms with Crippen LogP contribution < -0.4 is 0 Å². The van der Waals surface area contributed by atoms with Crippen molar-refractivity contribution in [1.82, 2.24) is 0 Å². The summed E-state index contributed by atoms with van der Waals surface area (Å²) in [6.45, 7) is 4.33. The first-order valence-corrected chi connectivity index (χ1v) is 6.34. The predicted molar refractivity (Wildman–Crippen MR) is 74.2 cm³/mol. The molecule has 0 spiro atoms. The number of oxime groups is 1. The molecule has 0 bridgehead atoms. The Labute approximate surface area is 118 Å². The number of benzene rings is 1. The van der Waals surface area contributed by atoms with E-state index in [9.17, 15) is 4.79 Å². The normalized spacial score (nSPS) is 11.5. The second-order valence-corrected chi connectivity index (χ2v) is 4.79. The number of esters is 1. The van der Waals surface area contributed by atoms with Crippen molar-refractivity contribution in [2.45, 2.75) is 20.3 Å². The van der Waals surface area contributed by atoms with Crippen LogP contribution in [0.4, 0.5) is 0 Å². The minimum Gasteiger partial charge on any atom is -0.465 e. The lowest BCUT2D eigenvalue weighted by molar-refractivity contribution is -0.143. The molecule has 0 atom stereocenters. The Morgan fingerprint density at radius 1 is 1.53 bits per heavy atom. The van der Waals surface area contributed by atoms with Gasteiger partial charge in [-0.2, -0.15) is 0 Å². The Balaban J connectivity index is 2.78. The fourth-order valence-electron chi connectivity index (χ4n) is 1.37. The second kappa shape index (κ2) is 7.79. The summed E-state index contributed by atoms with van der Waals surface area (Å²) in [5, 5.41) is 4.33. The molecule has 0 amide bonds. The zero-order chi connectivity index (χ0) is 14.3. The summed E-state index contributed by atoms with van der Waals surface area (Å²) in [6.07, 6.45) is 0.0120. The van der Waals surface area contributed by atoms with Gasteiger partial charge in [0, 0.05) is 10.6 Å². The van der Waals surface area contributed by atoms with Crippen LogP contribution in [0.5, 0.6) is 0 Å². The van der Waals surface area contributed by atoms with Crippen molar-refractivity contribution in [1.29, 1.82) is 0 Å². The highest BCUT2D eigenvalue weighted by Gasteiger charge is 2.15. The van der Waals surface area contributed by atoms with Crippen LogP contribution in [0.15, 0.2) is 23.4 Å². The zero-order valence-electron chi connectivity index (χ0n) is 11.3. The molecule has 103 valence electrons. The van der Waals surface area contributed by atoms with Crippen LogP contribution in [0.1, 0.15) is 25.8 Å².